The summed E-state index contributed by atoms with van der Waals surface area (Å²) in [5, 5.41) is 0. The molecule has 1 amide bonds. The summed E-state index contributed by atoms with van der Waals surface area (Å²) in [4.78, 5) is 19.3. The molecule has 2 aliphatic rings. The Balaban J connectivity index is 1.19. The van der Waals surface area contributed by atoms with Gasteiger partial charge in [0.05, 0.1) is 11.9 Å². The fraction of sp³-hybridized carbons (Fsp3) is 0.320. The standard InChI is InChI=1S/C25H26FN3O3S2/c1-34(31,32)29-11-10-18-16-19(6-8-23(18)29)25(30)28-14-12-27(13-15-28)17-20-7-9-24(33-20)21-4-2-3-5-22(21)26/h2-9,16H,10-15,17H2,1H3. The molecule has 0 radical (unpaired) electrons. The van der Waals surface area contributed by atoms with Crippen LogP contribution in [0.5, 0.6) is 0 Å². The molecule has 6 nitrogen and oxygen atoms in total. The number of carbonyl (C=O) groups is 1. The first-order chi connectivity index (χ1) is 16.3. The summed E-state index contributed by atoms with van der Waals surface area (Å²) in [6, 6.07) is 16.2. The van der Waals surface area contributed by atoms with Gasteiger partial charge >= 0.3 is 0 Å². The zero-order chi connectivity index (χ0) is 23.9. The van der Waals surface area contributed by atoms with Crippen LogP contribution < -0.4 is 4.31 Å². The lowest BCUT2D eigenvalue weighted by atomic mass is 10.1. The van der Waals surface area contributed by atoms with Gasteiger partial charge in [-0.1, -0.05) is 18.2 Å². The number of halogens is 1. The summed E-state index contributed by atoms with van der Waals surface area (Å²) in [7, 11) is -3.30. The number of piperazine rings is 1. The predicted molar refractivity (Wildman–Crippen MR) is 133 cm³/mol. The van der Waals surface area contributed by atoms with Gasteiger partial charge in [0.25, 0.3) is 5.91 Å². The van der Waals surface area contributed by atoms with Crippen molar-refractivity contribution in [2.45, 2.75) is 13.0 Å². The van der Waals surface area contributed by atoms with E-state index in [2.05, 4.69) is 4.90 Å². The molecule has 0 atom stereocenters. The minimum absolute atomic E-state index is 0.0155. The van der Waals surface area contributed by atoms with Crippen LogP contribution >= 0.6 is 11.3 Å². The maximum absolute atomic E-state index is 14.1. The number of carbonyl (C=O) groups excluding carboxylic acids is 1. The number of anilines is 1. The summed E-state index contributed by atoms with van der Waals surface area (Å²) in [5.74, 6) is -0.225. The molecule has 178 valence electrons. The monoisotopic (exact) mass is 499 g/mol. The van der Waals surface area contributed by atoms with Gasteiger partial charge in [-0.05, 0) is 48.4 Å². The first kappa shape index (κ1) is 23.0. The normalized spacial score (nSPS) is 16.6. The Morgan fingerprint density at radius 2 is 1.76 bits per heavy atom. The Morgan fingerprint density at radius 1 is 1.00 bits per heavy atom. The fourth-order valence-corrected chi connectivity index (χ4v) is 6.67. The molecule has 3 heterocycles. The molecule has 0 aliphatic carbocycles. The van der Waals surface area contributed by atoms with Crippen LogP contribution in [0.15, 0.2) is 54.6 Å². The Morgan fingerprint density at radius 3 is 2.50 bits per heavy atom. The molecule has 2 aromatic carbocycles. The molecule has 34 heavy (non-hydrogen) atoms. The van der Waals surface area contributed by atoms with E-state index >= 15 is 0 Å². The largest absolute Gasteiger partial charge is 0.336 e. The van der Waals surface area contributed by atoms with Crippen LogP contribution in [0.2, 0.25) is 0 Å². The number of benzene rings is 2. The van der Waals surface area contributed by atoms with Gasteiger partial charge in [-0.25, -0.2) is 12.8 Å². The number of sulfonamides is 1. The highest BCUT2D eigenvalue weighted by Gasteiger charge is 2.28. The third-order valence-corrected chi connectivity index (χ3v) is 8.70. The molecule has 1 fully saturated rings. The van der Waals surface area contributed by atoms with E-state index in [0.717, 1.165) is 30.1 Å². The van der Waals surface area contributed by atoms with Gasteiger partial charge < -0.3 is 4.90 Å². The maximum atomic E-state index is 14.1. The Hall–Kier alpha value is -2.75. The van der Waals surface area contributed by atoms with Gasteiger partial charge in [-0.15, -0.1) is 11.3 Å². The second-order valence-electron chi connectivity index (χ2n) is 8.74. The average Bonchev–Trinajstić information content (AvgIpc) is 3.46. The van der Waals surface area contributed by atoms with Gasteiger partial charge in [0.15, 0.2) is 0 Å². The van der Waals surface area contributed by atoms with Crippen LogP contribution in [0.3, 0.4) is 0 Å². The molecular weight excluding hydrogens is 473 g/mol. The molecule has 9 heteroatoms. The zero-order valence-electron chi connectivity index (χ0n) is 18.9. The van der Waals surface area contributed by atoms with Gasteiger partial charge in [0, 0.05) is 60.1 Å². The molecule has 5 rings (SSSR count). The van der Waals surface area contributed by atoms with Crippen molar-refractivity contribution >= 4 is 33.0 Å². The van der Waals surface area contributed by atoms with Crippen LogP contribution in [-0.2, 0) is 23.0 Å². The highest BCUT2D eigenvalue weighted by atomic mass is 32.2. The molecule has 1 saturated heterocycles. The predicted octanol–water partition coefficient (Wildman–Crippen LogP) is 3.83. The first-order valence-corrected chi connectivity index (χ1v) is 13.9. The maximum Gasteiger partial charge on any atom is 0.253 e. The Bertz CT molecular complexity index is 1330. The number of amides is 1. The van der Waals surface area contributed by atoms with Crippen LogP contribution in [0, 0.1) is 5.82 Å². The van der Waals surface area contributed by atoms with Gasteiger partial charge in [0.1, 0.15) is 5.82 Å². The molecule has 0 unspecified atom stereocenters. The number of hydrogen-bond donors (Lipinski definition) is 0. The zero-order valence-corrected chi connectivity index (χ0v) is 20.5. The van der Waals surface area contributed by atoms with E-state index in [1.807, 2.05) is 29.2 Å². The number of rotatable bonds is 5. The highest BCUT2D eigenvalue weighted by Crippen LogP contribution is 2.32. The highest BCUT2D eigenvalue weighted by molar-refractivity contribution is 7.92. The molecule has 2 aliphatic heterocycles. The van der Waals surface area contributed by atoms with Crippen molar-refractivity contribution < 1.29 is 17.6 Å². The summed E-state index contributed by atoms with van der Waals surface area (Å²) in [6.45, 7) is 4.01. The van der Waals surface area contributed by atoms with Crippen molar-refractivity contribution in [1.82, 2.24) is 9.80 Å². The topological polar surface area (TPSA) is 60.9 Å². The number of fused-ring (bicyclic) bond motifs is 1. The first-order valence-electron chi connectivity index (χ1n) is 11.3. The molecule has 0 saturated carbocycles. The number of nitrogens with zero attached hydrogens (tertiary/aromatic N) is 3. The van der Waals surface area contributed by atoms with E-state index in [4.69, 9.17) is 0 Å². The van der Waals surface area contributed by atoms with Crippen molar-refractivity contribution in [2.24, 2.45) is 0 Å². The SMILES string of the molecule is CS(=O)(=O)N1CCc2cc(C(=O)N3CCN(Cc4ccc(-c5ccccc5F)s4)CC3)ccc21. The summed E-state index contributed by atoms with van der Waals surface area (Å²) < 4.78 is 39.4. The van der Waals surface area contributed by atoms with E-state index in [1.54, 1.807) is 35.6 Å². The summed E-state index contributed by atoms with van der Waals surface area (Å²) in [5.41, 5.74) is 2.81. The van der Waals surface area contributed by atoms with Crippen molar-refractivity contribution in [3.05, 3.63) is 76.4 Å². The Labute approximate surface area is 203 Å². The lowest BCUT2D eigenvalue weighted by molar-refractivity contribution is 0.0629. The van der Waals surface area contributed by atoms with Gasteiger partial charge in [-0.2, -0.15) is 0 Å². The van der Waals surface area contributed by atoms with Crippen molar-refractivity contribution in [2.75, 3.05) is 43.3 Å². The van der Waals surface area contributed by atoms with Crippen molar-refractivity contribution in [3.8, 4) is 10.4 Å². The molecule has 0 spiro atoms. The number of thiophene rings is 1. The van der Waals surface area contributed by atoms with E-state index in [1.165, 1.54) is 21.5 Å². The minimum atomic E-state index is -3.30. The molecule has 1 aromatic heterocycles. The summed E-state index contributed by atoms with van der Waals surface area (Å²) >= 11 is 1.60. The lowest BCUT2D eigenvalue weighted by Gasteiger charge is -2.34. The van der Waals surface area contributed by atoms with Crippen molar-refractivity contribution in [3.63, 3.8) is 0 Å². The molecular formula is C25H26FN3O3S2. The second kappa shape index (κ2) is 9.13. The lowest BCUT2D eigenvalue weighted by Crippen LogP contribution is -2.48. The van der Waals surface area contributed by atoms with E-state index in [-0.39, 0.29) is 11.7 Å². The average molecular weight is 500 g/mol. The summed E-state index contributed by atoms with van der Waals surface area (Å²) in [6.07, 6.45) is 1.82. The smallest absolute Gasteiger partial charge is 0.253 e. The molecule has 3 aromatic rings. The Kier molecular flexibility index (Phi) is 6.18. The van der Waals surface area contributed by atoms with Crippen LogP contribution in [-0.4, -0.2) is 63.1 Å². The van der Waals surface area contributed by atoms with E-state index < -0.39 is 10.0 Å². The number of hydrogen-bond acceptors (Lipinski definition) is 5. The van der Waals surface area contributed by atoms with E-state index in [0.29, 0.717) is 42.9 Å². The van der Waals surface area contributed by atoms with Crippen LogP contribution in [0.4, 0.5) is 10.1 Å². The third-order valence-electron chi connectivity index (χ3n) is 6.42. The van der Waals surface area contributed by atoms with Crippen molar-refractivity contribution in [1.29, 1.82) is 0 Å². The van der Waals surface area contributed by atoms with Gasteiger partial charge in [-0.3, -0.25) is 14.0 Å². The van der Waals surface area contributed by atoms with Crippen LogP contribution in [0.25, 0.3) is 10.4 Å². The third kappa shape index (κ3) is 4.60. The minimum Gasteiger partial charge on any atom is -0.336 e. The van der Waals surface area contributed by atoms with E-state index in [9.17, 15) is 17.6 Å². The second-order valence-corrected chi connectivity index (χ2v) is 11.8. The molecule has 0 N–H and O–H groups in total. The van der Waals surface area contributed by atoms with Gasteiger partial charge in [0.2, 0.25) is 10.0 Å². The molecule has 0 bridgehead atoms. The quantitative estimate of drug-likeness (QED) is 0.535. The fourth-order valence-electron chi connectivity index (χ4n) is 4.63. The van der Waals surface area contributed by atoms with Crippen LogP contribution in [0.1, 0.15) is 20.8 Å².